The summed E-state index contributed by atoms with van der Waals surface area (Å²) in [4.78, 5) is 10.6. The molecule has 1 aromatic carbocycles. The molecule has 0 saturated heterocycles. The average molecular weight is 315 g/mol. The fraction of sp³-hybridized carbons (Fsp3) is 0.214. The summed E-state index contributed by atoms with van der Waals surface area (Å²) in [5.41, 5.74) is 0.567. The van der Waals surface area contributed by atoms with Crippen molar-refractivity contribution in [3.05, 3.63) is 53.1 Å². The van der Waals surface area contributed by atoms with Crippen molar-refractivity contribution < 1.29 is 18.3 Å². The van der Waals surface area contributed by atoms with Crippen LogP contribution < -0.4 is 0 Å². The van der Waals surface area contributed by atoms with Gasteiger partial charge >= 0.3 is 5.97 Å². The molecule has 0 aromatic heterocycles. The minimum atomic E-state index is -3.51. The number of benzene rings is 1. The van der Waals surface area contributed by atoms with Crippen molar-refractivity contribution in [2.75, 3.05) is 0 Å². The van der Waals surface area contributed by atoms with Crippen LogP contribution in [0.2, 0.25) is 5.02 Å². The van der Waals surface area contributed by atoms with Crippen molar-refractivity contribution in [3.63, 3.8) is 0 Å². The van der Waals surface area contributed by atoms with Crippen LogP contribution in [-0.4, -0.2) is 24.7 Å². The highest BCUT2D eigenvalue weighted by Gasteiger charge is 2.21. The molecule has 1 rings (SSSR count). The van der Waals surface area contributed by atoms with Gasteiger partial charge < -0.3 is 5.11 Å². The molecule has 0 saturated carbocycles. The van der Waals surface area contributed by atoms with Crippen molar-refractivity contribution in [2.45, 2.75) is 24.0 Å². The predicted octanol–water partition coefficient (Wildman–Crippen LogP) is 3.09. The minimum absolute atomic E-state index is 0.181. The summed E-state index contributed by atoms with van der Waals surface area (Å²) in [6, 6.07) is 5.93. The lowest BCUT2D eigenvalue weighted by molar-refractivity contribution is -0.131. The smallest absolute Gasteiger partial charge is 0.328 e. The van der Waals surface area contributed by atoms with Crippen molar-refractivity contribution in [1.29, 1.82) is 0 Å². The molecule has 0 aliphatic carbocycles. The Hall–Kier alpha value is -1.59. The molecule has 0 fully saturated rings. The second-order valence-electron chi connectivity index (χ2n) is 4.29. The molecule has 1 unspecified atom stereocenters. The highest BCUT2D eigenvalue weighted by Crippen LogP contribution is 2.20. The molecule has 0 radical (unpaired) electrons. The fourth-order valence-electron chi connectivity index (χ4n) is 1.56. The van der Waals surface area contributed by atoms with Crippen molar-refractivity contribution in [2.24, 2.45) is 0 Å². The molecule has 0 spiro atoms. The van der Waals surface area contributed by atoms with E-state index in [1.807, 2.05) is 0 Å². The summed E-state index contributed by atoms with van der Waals surface area (Å²) in [5.74, 6) is -1.08. The van der Waals surface area contributed by atoms with E-state index < -0.39 is 21.1 Å². The maximum atomic E-state index is 12.3. The van der Waals surface area contributed by atoms with Gasteiger partial charge in [0.1, 0.15) is 0 Å². The van der Waals surface area contributed by atoms with Crippen LogP contribution in [0.15, 0.2) is 53.0 Å². The first-order valence-corrected chi connectivity index (χ1v) is 7.75. The molecule has 1 N–H and O–H groups in total. The van der Waals surface area contributed by atoms with Gasteiger partial charge in [0.25, 0.3) is 0 Å². The van der Waals surface area contributed by atoms with Crippen LogP contribution in [0.5, 0.6) is 0 Å². The van der Waals surface area contributed by atoms with Crippen molar-refractivity contribution >= 4 is 27.4 Å². The molecule has 1 atom stereocenters. The number of rotatable bonds is 5. The molecule has 108 valence electrons. The molecule has 20 heavy (non-hydrogen) atoms. The molecule has 0 aliphatic rings. The Kier molecular flexibility index (Phi) is 5.53. The fourth-order valence-corrected chi connectivity index (χ4v) is 3.02. The van der Waals surface area contributed by atoms with E-state index in [4.69, 9.17) is 16.7 Å². The van der Waals surface area contributed by atoms with E-state index in [1.165, 1.54) is 36.4 Å². The van der Waals surface area contributed by atoms with Crippen LogP contribution >= 0.6 is 11.6 Å². The quantitative estimate of drug-likeness (QED) is 0.669. The third kappa shape index (κ3) is 4.51. The Morgan fingerprint density at radius 1 is 1.25 bits per heavy atom. The number of hydrogen-bond acceptors (Lipinski definition) is 3. The molecular formula is C14H15ClO4S. The largest absolute Gasteiger partial charge is 0.478 e. The number of halogens is 1. The molecule has 1 aromatic rings. The normalized spacial score (nSPS) is 14.4. The average Bonchev–Trinajstić information content (AvgIpc) is 2.36. The van der Waals surface area contributed by atoms with Crippen molar-refractivity contribution in [3.8, 4) is 0 Å². The van der Waals surface area contributed by atoms with E-state index in [9.17, 15) is 13.2 Å². The van der Waals surface area contributed by atoms with Crippen LogP contribution in [0, 0.1) is 0 Å². The molecule has 6 heteroatoms. The standard InChI is InChI=1S/C14H15ClO4S/c1-10(3-8-14(16)17)9-11(2)20(18,19)13-6-4-12(15)5-7-13/h3-9,11H,1-2H3,(H,16,17)/b8-3+,10-9+. The van der Waals surface area contributed by atoms with Gasteiger partial charge in [-0.05, 0) is 38.1 Å². The van der Waals surface area contributed by atoms with Gasteiger partial charge in [-0.15, -0.1) is 0 Å². The number of carboxylic acids is 1. The van der Waals surface area contributed by atoms with Crippen LogP contribution in [0.1, 0.15) is 13.8 Å². The zero-order chi connectivity index (χ0) is 15.3. The summed E-state index contributed by atoms with van der Waals surface area (Å²) >= 11 is 5.73. The summed E-state index contributed by atoms with van der Waals surface area (Å²) in [6.07, 6.45) is 3.83. The van der Waals surface area contributed by atoms with E-state index in [2.05, 4.69) is 0 Å². The van der Waals surface area contributed by atoms with Gasteiger partial charge in [-0.1, -0.05) is 29.3 Å². The van der Waals surface area contributed by atoms with E-state index in [-0.39, 0.29) is 4.90 Å². The molecule has 0 bridgehead atoms. The lowest BCUT2D eigenvalue weighted by Crippen LogP contribution is -2.15. The highest BCUT2D eigenvalue weighted by atomic mass is 35.5. The van der Waals surface area contributed by atoms with E-state index >= 15 is 0 Å². The minimum Gasteiger partial charge on any atom is -0.478 e. The Morgan fingerprint density at radius 2 is 1.80 bits per heavy atom. The zero-order valence-corrected chi connectivity index (χ0v) is 12.6. The van der Waals surface area contributed by atoms with Gasteiger partial charge in [-0.25, -0.2) is 13.2 Å². The van der Waals surface area contributed by atoms with Gasteiger partial charge in [-0.3, -0.25) is 0 Å². The summed E-state index contributed by atoms with van der Waals surface area (Å²) < 4.78 is 24.6. The zero-order valence-electron chi connectivity index (χ0n) is 11.1. The number of sulfone groups is 1. The third-order valence-corrected chi connectivity index (χ3v) is 4.91. The van der Waals surface area contributed by atoms with Gasteiger partial charge in [0, 0.05) is 11.1 Å². The molecule has 0 aliphatic heterocycles. The Morgan fingerprint density at radius 3 is 2.30 bits per heavy atom. The maximum absolute atomic E-state index is 12.3. The lowest BCUT2D eigenvalue weighted by atomic mass is 10.2. The lowest BCUT2D eigenvalue weighted by Gasteiger charge is -2.10. The highest BCUT2D eigenvalue weighted by molar-refractivity contribution is 7.92. The van der Waals surface area contributed by atoms with Gasteiger partial charge in [0.15, 0.2) is 9.84 Å². The third-order valence-electron chi connectivity index (χ3n) is 2.62. The van der Waals surface area contributed by atoms with E-state index in [0.717, 1.165) is 6.08 Å². The predicted molar refractivity (Wildman–Crippen MR) is 78.6 cm³/mol. The first-order chi connectivity index (χ1) is 9.23. The van der Waals surface area contributed by atoms with Crippen molar-refractivity contribution in [1.82, 2.24) is 0 Å². The number of aliphatic carboxylic acids is 1. The monoisotopic (exact) mass is 314 g/mol. The maximum Gasteiger partial charge on any atom is 0.328 e. The second kappa shape index (κ2) is 6.72. The summed E-state index contributed by atoms with van der Waals surface area (Å²) in [5, 5.41) is 8.22. The summed E-state index contributed by atoms with van der Waals surface area (Å²) in [6.45, 7) is 3.19. The Bertz CT molecular complexity index is 642. The van der Waals surface area contributed by atoms with Crippen LogP contribution in [0.25, 0.3) is 0 Å². The van der Waals surface area contributed by atoms with E-state index in [1.54, 1.807) is 13.8 Å². The molecule has 0 amide bonds. The number of carbonyl (C=O) groups is 1. The van der Waals surface area contributed by atoms with Gasteiger partial charge in [0.05, 0.1) is 10.1 Å². The van der Waals surface area contributed by atoms with Crippen LogP contribution in [0.4, 0.5) is 0 Å². The van der Waals surface area contributed by atoms with Crippen LogP contribution in [0.3, 0.4) is 0 Å². The Balaban J connectivity index is 3.01. The molecule has 0 heterocycles. The Labute approximate surface area is 123 Å². The number of carboxylic acid groups (broad SMARTS) is 1. The molecular weight excluding hydrogens is 300 g/mol. The SMILES string of the molecule is CC(/C=C/C(=O)O)=C\C(C)S(=O)(=O)c1ccc(Cl)cc1. The molecule has 4 nitrogen and oxygen atoms in total. The topological polar surface area (TPSA) is 71.4 Å². The first kappa shape index (κ1) is 16.5. The number of allylic oxidation sites excluding steroid dienone is 2. The van der Waals surface area contributed by atoms with E-state index in [0.29, 0.717) is 10.6 Å². The summed E-state index contributed by atoms with van der Waals surface area (Å²) in [7, 11) is -3.51. The number of hydrogen-bond donors (Lipinski definition) is 1. The van der Waals surface area contributed by atoms with Gasteiger partial charge in [-0.2, -0.15) is 0 Å². The first-order valence-electron chi connectivity index (χ1n) is 5.82. The second-order valence-corrected chi connectivity index (χ2v) is 7.03. The van der Waals surface area contributed by atoms with Gasteiger partial charge in [0.2, 0.25) is 0 Å². The van der Waals surface area contributed by atoms with Crippen LogP contribution in [-0.2, 0) is 14.6 Å².